The van der Waals surface area contributed by atoms with Crippen LogP contribution in [0.4, 0.5) is 0 Å². The zero-order chi connectivity index (χ0) is 16.4. The maximum atomic E-state index is 12.4. The number of aromatic nitrogens is 2. The van der Waals surface area contributed by atoms with Gasteiger partial charge in [-0.05, 0) is 31.9 Å². The molecule has 1 aromatic carbocycles. The maximum absolute atomic E-state index is 12.4. The van der Waals surface area contributed by atoms with Gasteiger partial charge in [-0.3, -0.25) is 14.7 Å². The van der Waals surface area contributed by atoms with E-state index in [1.165, 1.54) is 6.42 Å². The fourth-order valence-corrected chi connectivity index (χ4v) is 3.73. The predicted octanol–water partition coefficient (Wildman–Crippen LogP) is 1.09. The summed E-state index contributed by atoms with van der Waals surface area (Å²) in [7, 11) is 2.17. The van der Waals surface area contributed by atoms with Crippen LogP contribution in [0.5, 0.6) is 0 Å². The number of hydrogen-bond acceptors (Lipinski definition) is 4. The number of carbonyl (C=O) groups is 2. The van der Waals surface area contributed by atoms with Crippen LogP contribution < -0.4 is 5.32 Å². The Bertz CT molecular complexity index is 712. The molecule has 3 atom stereocenters. The number of rotatable bonds is 2. The number of amides is 1. The van der Waals surface area contributed by atoms with Crippen molar-refractivity contribution in [3.8, 4) is 0 Å². The molecule has 122 valence electrons. The standard InChI is InChI=1S/C15H18N4O.CH2O2/c1-19-8-9-6-10(19)7-13(9)16-15(20)14-11-4-2-3-5-12(11)17-18-14;2-1-3/h2-5,9-10,13H,6-8H2,1H3,(H,16,20)(H,17,18);1H,(H,2,3). The highest BCUT2D eigenvalue weighted by Gasteiger charge is 2.43. The van der Waals surface area contributed by atoms with Crippen molar-refractivity contribution in [3.63, 3.8) is 0 Å². The molecule has 23 heavy (non-hydrogen) atoms. The van der Waals surface area contributed by atoms with Crippen LogP contribution in [0, 0.1) is 5.92 Å². The second-order valence-corrected chi connectivity index (χ2v) is 6.13. The summed E-state index contributed by atoms with van der Waals surface area (Å²) in [6.07, 6.45) is 2.28. The van der Waals surface area contributed by atoms with E-state index in [1.807, 2.05) is 24.3 Å². The van der Waals surface area contributed by atoms with E-state index in [2.05, 4.69) is 27.5 Å². The zero-order valence-electron chi connectivity index (χ0n) is 12.9. The minimum atomic E-state index is -0.250. The van der Waals surface area contributed by atoms with Crippen LogP contribution in [0.25, 0.3) is 10.9 Å². The number of carbonyl (C=O) groups excluding carboxylic acids is 1. The van der Waals surface area contributed by atoms with Crippen molar-refractivity contribution in [2.75, 3.05) is 13.6 Å². The van der Waals surface area contributed by atoms with Gasteiger partial charge in [0.1, 0.15) is 0 Å². The monoisotopic (exact) mass is 316 g/mol. The first-order valence-electron chi connectivity index (χ1n) is 7.66. The quantitative estimate of drug-likeness (QED) is 0.720. The number of piperidine rings is 1. The Labute approximate surface area is 133 Å². The van der Waals surface area contributed by atoms with Gasteiger partial charge in [-0.15, -0.1) is 0 Å². The van der Waals surface area contributed by atoms with Crippen molar-refractivity contribution in [1.29, 1.82) is 0 Å². The first kappa shape index (κ1) is 15.5. The van der Waals surface area contributed by atoms with Gasteiger partial charge in [0.25, 0.3) is 12.4 Å². The Morgan fingerprint density at radius 2 is 2.17 bits per heavy atom. The SMILES string of the molecule is CN1CC2CC1CC2NC(=O)c1n[nH]c2ccccc12.O=CO. The molecule has 4 rings (SSSR count). The lowest BCUT2D eigenvalue weighted by molar-refractivity contribution is -0.122. The summed E-state index contributed by atoms with van der Waals surface area (Å²) < 4.78 is 0. The number of fused-ring (bicyclic) bond motifs is 3. The number of H-pyrrole nitrogens is 1. The molecule has 1 aromatic heterocycles. The Morgan fingerprint density at radius 1 is 1.43 bits per heavy atom. The Morgan fingerprint density at radius 3 is 2.83 bits per heavy atom. The highest BCUT2D eigenvalue weighted by molar-refractivity contribution is 6.04. The smallest absolute Gasteiger partial charge is 0.290 e. The van der Waals surface area contributed by atoms with Crippen LogP contribution in [0.3, 0.4) is 0 Å². The van der Waals surface area contributed by atoms with Crippen LogP contribution in [0.15, 0.2) is 24.3 Å². The van der Waals surface area contributed by atoms with Gasteiger partial charge in [-0.2, -0.15) is 5.10 Å². The molecule has 7 heteroatoms. The molecule has 1 saturated carbocycles. The number of para-hydroxylation sites is 1. The van der Waals surface area contributed by atoms with E-state index in [0.717, 1.165) is 23.9 Å². The number of likely N-dealkylation sites (tertiary alicyclic amines) is 1. The van der Waals surface area contributed by atoms with Gasteiger partial charge >= 0.3 is 0 Å². The molecule has 7 nitrogen and oxygen atoms in total. The molecule has 1 aliphatic heterocycles. The highest BCUT2D eigenvalue weighted by atomic mass is 16.3. The van der Waals surface area contributed by atoms with Crippen molar-refractivity contribution in [2.45, 2.75) is 24.9 Å². The molecule has 2 bridgehead atoms. The first-order valence-corrected chi connectivity index (χ1v) is 7.66. The van der Waals surface area contributed by atoms with E-state index >= 15 is 0 Å². The topological polar surface area (TPSA) is 98.3 Å². The van der Waals surface area contributed by atoms with Crippen LogP contribution in [0.1, 0.15) is 23.3 Å². The molecule has 2 heterocycles. The van der Waals surface area contributed by atoms with Gasteiger partial charge in [0.15, 0.2) is 5.69 Å². The molecular formula is C16H20N4O3. The Balaban J connectivity index is 0.000000485. The van der Waals surface area contributed by atoms with Gasteiger partial charge in [-0.25, -0.2) is 0 Å². The lowest BCUT2D eigenvalue weighted by Crippen LogP contribution is -2.44. The average Bonchev–Trinajstić information content (AvgIpc) is 3.21. The molecule has 1 saturated heterocycles. The second-order valence-electron chi connectivity index (χ2n) is 6.13. The molecule has 3 N–H and O–H groups in total. The fraction of sp³-hybridized carbons (Fsp3) is 0.438. The van der Waals surface area contributed by atoms with Gasteiger partial charge < -0.3 is 15.3 Å². The normalized spacial score (nSPS) is 25.9. The summed E-state index contributed by atoms with van der Waals surface area (Å²) in [6.45, 7) is 0.844. The van der Waals surface area contributed by atoms with Crippen molar-refractivity contribution < 1.29 is 14.7 Å². The highest BCUT2D eigenvalue weighted by Crippen LogP contribution is 2.36. The number of nitrogens with one attached hydrogen (secondary N) is 2. The Hall–Kier alpha value is -2.41. The average molecular weight is 316 g/mol. The van der Waals surface area contributed by atoms with Gasteiger partial charge in [0, 0.05) is 24.0 Å². The van der Waals surface area contributed by atoms with Crippen LogP contribution >= 0.6 is 0 Å². The number of benzene rings is 1. The number of hydrogen-bond donors (Lipinski definition) is 3. The molecule has 3 unspecified atom stereocenters. The third-order valence-electron chi connectivity index (χ3n) is 4.82. The van der Waals surface area contributed by atoms with Gasteiger partial charge in [-0.1, -0.05) is 18.2 Å². The van der Waals surface area contributed by atoms with Crippen LogP contribution in [-0.2, 0) is 4.79 Å². The third-order valence-corrected chi connectivity index (χ3v) is 4.82. The molecular weight excluding hydrogens is 296 g/mol. The van der Waals surface area contributed by atoms with Crippen molar-refractivity contribution >= 4 is 23.3 Å². The second kappa shape index (κ2) is 6.37. The van der Waals surface area contributed by atoms with E-state index in [0.29, 0.717) is 23.7 Å². The molecule has 1 aliphatic carbocycles. The van der Waals surface area contributed by atoms with E-state index < -0.39 is 0 Å². The third kappa shape index (κ3) is 2.92. The zero-order valence-corrected chi connectivity index (χ0v) is 12.9. The lowest BCUT2D eigenvalue weighted by atomic mass is 10.0. The summed E-state index contributed by atoms with van der Waals surface area (Å²) in [6, 6.07) is 8.68. The largest absolute Gasteiger partial charge is 0.483 e. The van der Waals surface area contributed by atoms with Gasteiger partial charge in [0.2, 0.25) is 0 Å². The molecule has 0 radical (unpaired) electrons. The maximum Gasteiger partial charge on any atom is 0.290 e. The summed E-state index contributed by atoms with van der Waals surface area (Å²) in [4.78, 5) is 23.2. The molecule has 0 spiro atoms. The Kier molecular flexibility index (Phi) is 4.29. The summed E-state index contributed by atoms with van der Waals surface area (Å²) in [5.41, 5.74) is 1.42. The number of nitrogens with zero attached hydrogens (tertiary/aromatic N) is 2. The molecule has 2 aliphatic rings. The van der Waals surface area contributed by atoms with E-state index in [-0.39, 0.29) is 12.4 Å². The van der Waals surface area contributed by atoms with E-state index in [1.54, 1.807) is 0 Å². The summed E-state index contributed by atoms with van der Waals surface area (Å²) in [5.74, 6) is 0.543. The number of carboxylic acid groups (broad SMARTS) is 1. The van der Waals surface area contributed by atoms with Crippen LogP contribution in [-0.4, -0.2) is 58.3 Å². The fourth-order valence-electron chi connectivity index (χ4n) is 3.73. The number of aromatic amines is 1. The molecule has 2 aromatic rings. The van der Waals surface area contributed by atoms with Gasteiger partial charge in [0.05, 0.1) is 5.52 Å². The summed E-state index contributed by atoms with van der Waals surface area (Å²) in [5, 5.41) is 18.0. The van der Waals surface area contributed by atoms with E-state index in [9.17, 15) is 4.79 Å². The summed E-state index contributed by atoms with van der Waals surface area (Å²) >= 11 is 0. The minimum Gasteiger partial charge on any atom is -0.483 e. The predicted molar refractivity (Wildman–Crippen MR) is 85.2 cm³/mol. The van der Waals surface area contributed by atoms with Crippen molar-refractivity contribution in [2.24, 2.45) is 5.92 Å². The molecule has 1 amide bonds. The lowest BCUT2D eigenvalue weighted by Gasteiger charge is -2.28. The molecule has 2 fully saturated rings. The van der Waals surface area contributed by atoms with Crippen molar-refractivity contribution in [1.82, 2.24) is 20.4 Å². The van der Waals surface area contributed by atoms with Crippen molar-refractivity contribution in [3.05, 3.63) is 30.0 Å². The first-order chi connectivity index (χ1) is 11.1. The van der Waals surface area contributed by atoms with Crippen LogP contribution in [0.2, 0.25) is 0 Å². The minimum absolute atomic E-state index is 0.0531. The van der Waals surface area contributed by atoms with E-state index in [4.69, 9.17) is 9.90 Å².